The molecule has 4 rings (SSSR count). The van der Waals surface area contributed by atoms with E-state index in [4.69, 9.17) is 0 Å². The Balaban J connectivity index is 1.74. The highest BCUT2D eigenvalue weighted by Gasteiger charge is 2.31. The van der Waals surface area contributed by atoms with Gasteiger partial charge in [-0.2, -0.15) is 13.2 Å². The molecule has 1 saturated heterocycles. The Hall–Kier alpha value is -2.52. The van der Waals surface area contributed by atoms with Crippen molar-refractivity contribution in [2.24, 2.45) is 0 Å². The van der Waals surface area contributed by atoms with Crippen molar-refractivity contribution in [1.82, 2.24) is 10.3 Å². The largest absolute Gasteiger partial charge is 0.416 e. The number of rotatable bonds is 3. The van der Waals surface area contributed by atoms with Gasteiger partial charge in [0.05, 0.1) is 15.4 Å². The van der Waals surface area contributed by atoms with Gasteiger partial charge in [0.2, 0.25) is 9.84 Å². The molecule has 0 radical (unpaired) electrons. The first kappa shape index (κ1) is 18.8. The van der Waals surface area contributed by atoms with Gasteiger partial charge in [0.1, 0.15) is 0 Å². The lowest BCUT2D eigenvalue weighted by Crippen LogP contribution is -2.43. The summed E-state index contributed by atoms with van der Waals surface area (Å²) in [6.45, 7) is 3.33. The average molecular weight is 409 g/mol. The second kappa shape index (κ2) is 6.82. The number of nitrogens with one attached hydrogen (secondary N) is 2. The number of aromatic nitrogens is 1. The lowest BCUT2D eigenvalue weighted by molar-refractivity contribution is -0.137. The number of anilines is 1. The quantitative estimate of drug-likeness (QED) is 0.696. The molecule has 28 heavy (non-hydrogen) atoms. The fourth-order valence-corrected chi connectivity index (χ4v) is 4.80. The Morgan fingerprint density at radius 1 is 0.964 bits per heavy atom. The third-order valence-corrected chi connectivity index (χ3v) is 6.70. The number of halogens is 3. The van der Waals surface area contributed by atoms with E-state index in [1.54, 1.807) is 0 Å². The van der Waals surface area contributed by atoms with Crippen molar-refractivity contribution in [3.63, 3.8) is 0 Å². The number of H-pyrrole nitrogens is 1. The number of fused-ring (bicyclic) bond motifs is 1. The fraction of sp³-hybridized carbons (Fsp3) is 0.263. The second-order valence-electron chi connectivity index (χ2n) is 6.65. The molecule has 0 aliphatic carbocycles. The molecule has 1 aliphatic rings. The number of sulfone groups is 1. The van der Waals surface area contributed by atoms with Crippen LogP contribution in [0.2, 0.25) is 0 Å². The van der Waals surface area contributed by atoms with Gasteiger partial charge in [0.15, 0.2) is 0 Å². The van der Waals surface area contributed by atoms with E-state index in [-0.39, 0.29) is 9.79 Å². The van der Waals surface area contributed by atoms with E-state index in [2.05, 4.69) is 15.2 Å². The molecule has 9 heteroatoms. The predicted molar refractivity (Wildman–Crippen MR) is 100 cm³/mol. The normalized spacial score (nSPS) is 15.9. The van der Waals surface area contributed by atoms with E-state index in [9.17, 15) is 21.6 Å². The molecule has 3 aromatic rings. The Morgan fingerprint density at radius 3 is 2.29 bits per heavy atom. The van der Waals surface area contributed by atoms with Crippen LogP contribution in [0.5, 0.6) is 0 Å². The van der Waals surface area contributed by atoms with Crippen LogP contribution in [0.4, 0.5) is 18.9 Å². The molecule has 2 aromatic carbocycles. The lowest BCUT2D eigenvalue weighted by atomic mass is 10.2. The van der Waals surface area contributed by atoms with Crippen LogP contribution in [0.25, 0.3) is 10.9 Å². The van der Waals surface area contributed by atoms with Crippen molar-refractivity contribution in [1.29, 1.82) is 0 Å². The van der Waals surface area contributed by atoms with Crippen LogP contribution in [0.15, 0.2) is 58.5 Å². The van der Waals surface area contributed by atoms with Gasteiger partial charge >= 0.3 is 6.18 Å². The van der Waals surface area contributed by atoms with Crippen molar-refractivity contribution < 1.29 is 21.6 Å². The molecule has 0 unspecified atom stereocenters. The molecule has 1 aliphatic heterocycles. The van der Waals surface area contributed by atoms with E-state index in [0.29, 0.717) is 10.9 Å². The first-order valence-electron chi connectivity index (χ1n) is 8.76. The summed E-state index contributed by atoms with van der Waals surface area (Å²) in [6, 6.07) is 9.13. The number of alkyl halides is 3. The maximum Gasteiger partial charge on any atom is 0.416 e. The topological polar surface area (TPSA) is 65.2 Å². The van der Waals surface area contributed by atoms with Crippen LogP contribution >= 0.6 is 0 Å². The number of benzene rings is 2. The summed E-state index contributed by atoms with van der Waals surface area (Å²) in [5, 5.41) is 3.79. The molecule has 1 fully saturated rings. The molecule has 5 nitrogen and oxygen atoms in total. The van der Waals surface area contributed by atoms with Crippen molar-refractivity contribution in [2.45, 2.75) is 16.0 Å². The number of aromatic amines is 1. The molecule has 2 heterocycles. The standard InChI is InChI=1S/C19H18F3N3O2S/c20-19(21,22)13-1-4-15(5-2-13)28(26,27)18-12-24-17-6-3-14(11-16(17)18)25-9-7-23-8-10-25/h1-6,11-12,23-24H,7-10H2. The summed E-state index contributed by atoms with van der Waals surface area (Å²) >= 11 is 0. The van der Waals surface area contributed by atoms with Gasteiger partial charge < -0.3 is 15.2 Å². The summed E-state index contributed by atoms with van der Waals surface area (Å²) in [6.07, 6.45) is -3.12. The Labute approximate surface area is 160 Å². The van der Waals surface area contributed by atoms with E-state index in [0.717, 1.165) is 56.1 Å². The smallest absolute Gasteiger partial charge is 0.369 e. The highest BCUT2D eigenvalue weighted by molar-refractivity contribution is 7.91. The summed E-state index contributed by atoms with van der Waals surface area (Å²) in [5.74, 6) is 0. The molecular formula is C19H18F3N3O2S. The third kappa shape index (κ3) is 3.35. The first-order valence-corrected chi connectivity index (χ1v) is 10.2. The van der Waals surface area contributed by atoms with Gasteiger partial charge in [-0.25, -0.2) is 8.42 Å². The highest BCUT2D eigenvalue weighted by Crippen LogP contribution is 2.33. The van der Waals surface area contributed by atoms with E-state index in [1.165, 1.54) is 6.20 Å². The fourth-order valence-electron chi connectivity index (χ4n) is 3.38. The maximum absolute atomic E-state index is 13.0. The number of piperazine rings is 1. The van der Waals surface area contributed by atoms with Gasteiger partial charge in [-0.05, 0) is 42.5 Å². The molecule has 148 valence electrons. The molecule has 2 N–H and O–H groups in total. The summed E-state index contributed by atoms with van der Waals surface area (Å²) < 4.78 is 64.3. The summed E-state index contributed by atoms with van der Waals surface area (Å²) in [5.41, 5.74) is 0.688. The van der Waals surface area contributed by atoms with E-state index < -0.39 is 21.6 Å². The van der Waals surface area contributed by atoms with Gasteiger partial charge in [-0.15, -0.1) is 0 Å². The Bertz CT molecular complexity index is 1100. The highest BCUT2D eigenvalue weighted by atomic mass is 32.2. The van der Waals surface area contributed by atoms with E-state index >= 15 is 0 Å². The Kier molecular flexibility index (Phi) is 4.59. The van der Waals surface area contributed by atoms with Gasteiger partial charge in [-0.1, -0.05) is 0 Å². The average Bonchev–Trinajstić information content (AvgIpc) is 3.12. The van der Waals surface area contributed by atoms with Crippen molar-refractivity contribution in [3.05, 3.63) is 54.2 Å². The van der Waals surface area contributed by atoms with Crippen LogP contribution < -0.4 is 10.2 Å². The summed E-state index contributed by atoms with van der Waals surface area (Å²) in [4.78, 5) is 4.99. The van der Waals surface area contributed by atoms with Crippen molar-refractivity contribution in [2.75, 3.05) is 31.1 Å². The zero-order valence-electron chi connectivity index (χ0n) is 14.8. The minimum absolute atomic E-state index is 0.0549. The molecule has 0 spiro atoms. The van der Waals surface area contributed by atoms with Gasteiger partial charge in [-0.3, -0.25) is 0 Å². The van der Waals surface area contributed by atoms with Crippen LogP contribution in [-0.4, -0.2) is 39.6 Å². The van der Waals surface area contributed by atoms with Crippen LogP contribution in [0, 0.1) is 0 Å². The number of nitrogens with zero attached hydrogens (tertiary/aromatic N) is 1. The minimum Gasteiger partial charge on any atom is -0.369 e. The maximum atomic E-state index is 13.0. The third-order valence-electron chi connectivity index (χ3n) is 4.89. The zero-order chi connectivity index (χ0) is 19.9. The van der Waals surface area contributed by atoms with Crippen LogP contribution in [0.1, 0.15) is 5.56 Å². The minimum atomic E-state index is -4.51. The monoisotopic (exact) mass is 409 g/mol. The van der Waals surface area contributed by atoms with Gasteiger partial charge in [0, 0.05) is 49.0 Å². The second-order valence-corrected chi connectivity index (χ2v) is 8.56. The van der Waals surface area contributed by atoms with Gasteiger partial charge in [0.25, 0.3) is 0 Å². The zero-order valence-corrected chi connectivity index (χ0v) is 15.6. The SMILES string of the molecule is O=S(=O)(c1ccc(C(F)(F)F)cc1)c1c[nH]c2ccc(N3CCNCC3)cc12. The van der Waals surface area contributed by atoms with E-state index in [1.807, 2.05) is 18.2 Å². The molecule has 0 amide bonds. The number of hydrogen-bond donors (Lipinski definition) is 2. The molecule has 0 saturated carbocycles. The number of hydrogen-bond acceptors (Lipinski definition) is 4. The van der Waals surface area contributed by atoms with Crippen LogP contribution in [-0.2, 0) is 16.0 Å². The molecule has 0 atom stereocenters. The predicted octanol–water partition coefficient (Wildman–Crippen LogP) is 3.43. The first-order chi connectivity index (χ1) is 13.3. The summed E-state index contributed by atoms with van der Waals surface area (Å²) in [7, 11) is -3.96. The molecule has 0 bridgehead atoms. The molecular weight excluding hydrogens is 391 g/mol. The van der Waals surface area contributed by atoms with Crippen molar-refractivity contribution >= 4 is 26.4 Å². The van der Waals surface area contributed by atoms with Crippen LogP contribution in [0.3, 0.4) is 0 Å². The lowest BCUT2D eigenvalue weighted by Gasteiger charge is -2.29. The molecule has 1 aromatic heterocycles. The van der Waals surface area contributed by atoms with Crippen molar-refractivity contribution in [3.8, 4) is 0 Å². The Morgan fingerprint density at radius 2 is 1.64 bits per heavy atom.